The van der Waals surface area contributed by atoms with Gasteiger partial charge >= 0.3 is 13.8 Å². The molecule has 0 radical (unpaired) electrons. The zero-order valence-electron chi connectivity index (χ0n) is 46.4. The molecule has 6 atom stereocenters. The number of esters is 1. The number of hydrogen-bond acceptors (Lipinski definition) is 11. The second-order valence-corrected chi connectivity index (χ2v) is 22.2. The van der Waals surface area contributed by atoms with Crippen molar-refractivity contribution in [2.75, 3.05) is 19.8 Å². The molecule has 0 saturated heterocycles. The average Bonchev–Trinajstić information content (AvgIpc) is 3.38. The normalized spacial score (nSPS) is 20.8. The van der Waals surface area contributed by atoms with Crippen LogP contribution >= 0.6 is 7.82 Å². The number of aliphatic hydroxyl groups is 5. The Morgan fingerprint density at radius 3 is 1.23 bits per heavy atom. The lowest BCUT2D eigenvalue weighted by atomic mass is 9.85. The number of unbranched alkanes of at least 4 members (excludes halogenated alkanes) is 32. The second-order valence-electron chi connectivity index (χ2n) is 20.8. The van der Waals surface area contributed by atoms with Crippen LogP contribution in [0.2, 0.25) is 0 Å². The van der Waals surface area contributed by atoms with Crippen LogP contribution in [0.5, 0.6) is 0 Å². The van der Waals surface area contributed by atoms with Crippen LogP contribution in [0, 0.1) is 0 Å². The van der Waals surface area contributed by atoms with Gasteiger partial charge in [-0.25, -0.2) is 4.57 Å². The molecule has 0 aromatic rings. The SMILES string of the molecule is CC/C=C\C/C=C\C/C=C\C/C=C\CCCCCCCCCCCCCOCC(COP(=O)(O)OC1C(O)C(O)C(O)C(O)C1O)OC(=O)CCCCCCCCCCCCCCCCCCCCCCCC. The Balaban J connectivity index is 2.26. The molecule has 6 N–H and O–H groups in total. The van der Waals surface area contributed by atoms with E-state index in [1.165, 1.54) is 167 Å². The van der Waals surface area contributed by atoms with Crippen LogP contribution in [0.3, 0.4) is 0 Å². The van der Waals surface area contributed by atoms with Gasteiger partial charge in [-0.2, -0.15) is 0 Å². The van der Waals surface area contributed by atoms with E-state index in [4.69, 9.17) is 18.5 Å². The topological polar surface area (TPSA) is 192 Å². The fourth-order valence-electron chi connectivity index (χ4n) is 9.29. The first-order valence-corrected chi connectivity index (χ1v) is 31.5. The van der Waals surface area contributed by atoms with E-state index in [1.807, 2.05) is 0 Å². The Labute approximate surface area is 445 Å². The van der Waals surface area contributed by atoms with Crippen LogP contribution in [0.4, 0.5) is 0 Å². The zero-order valence-corrected chi connectivity index (χ0v) is 47.3. The molecule has 1 saturated carbocycles. The molecule has 0 amide bonds. The number of ether oxygens (including phenoxy) is 2. The summed E-state index contributed by atoms with van der Waals surface area (Å²) in [6, 6.07) is 0. The van der Waals surface area contributed by atoms with Gasteiger partial charge in [-0.3, -0.25) is 13.8 Å². The summed E-state index contributed by atoms with van der Waals surface area (Å²) in [5, 5.41) is 50.5. The highest BCUT2D eigenvalue weighted by Crippen LogP contribution is 2.47. The van der Waals surface area contributed by atoms with Crippen molar-refractivity contribution in [3.8, 4) is 0 Å². The molecule has 0 aliphatic heterocycles. The Bertz CT molecular complexity index is 1390. The van der Waals surface area contributed by atoms with Crippen molar-refractivity contribution in [2.24, 2.45) is 0 Å². The first-order valence-electron chi connectivity index (χ1n) is 30.0. The molecule has 1 rings (SSSR count). The van der Waals surface area contributed by atoms with Gasteiger partial charge in [0.05, 0.1) is 13.2 Å². The first kappa shape index (κ1) is 69.3. The Morgan fingerprint density at radius 2 is 0.808 bits per heavy atom. The molecule has 1 aliphatic carbocycles. The van der Waals surface area contributed by atoms with Gasteiger partial charge < -0.3 is 39.9 Å². The van der Waals surface area contributed by atoms with Crippen LogP contribution in [0.1, 0.15) is 264 Å². The van der Waals surface area contributed by atoms with Crippen LogP contribution in [0.25, 0.3) is 0 Å². The number of hydrogen-bond donors (Lipinski definition) is 6. The van der Waals surface area contributed by atoms with Gasteiger partial charge in [-0.05, 0) is 51.4 Å². The molecule has 6 unspecified atom stereocenters. The Kier molecular flexibility index (Phi) is 47.3. The standard InChI is InChI=1S/C60H111O12P/c1-3-5-7-9-11-13-15-17-19-21-23-25-27-28-30-32-34-36-38-40-42-44-46-48-50-69-51-53(52-70-73(67,68)72-60-58(65)56(63)55(62)57(64)59(60)66)71-54(61)49-47-45-43-41-39-37-35-33-31-29-26-24-22-20-18-16-14-12-10-8-6-4-2/h5,7,11,13,17,19,23,25,53,55-60,62-66H,3-4,6,8-10,12,14-16,18,20-22,24,26-52H2,1-2H3,(H,67,68)/b7-5-,13-11-,19-17-,25-23-. The lowest BCUT2D eigenvalue weighted by Crippen LogP contribution is -2.64. The third kappa shape index (κ3) is 41.1. The highest BCUT2D eigenvalue weighted by atomic mass is 31.2. The van der Waals surface area contributed by atoms with Crippen LogP contribution in [-0.2, 0) is 27.9 Å². The van der Waals surface area contributed by atoms with Crippen molar-refractivity contribution < 1.29 is 58.3 Å². The zero-order chi connectivity index (χ0) is 53.3. The van der Waals surface area contributed by atoms with Crippen LogP contribution < -0.4 is 0 Å². The summed E-state index contributed by atoms with van der Waals surface area (Å²) >= 11 is 0. The molecule has 0 aromatic carbocycles. The Morgan fingerprint density at radius 1 is 0.452 bits per heavy atom. The van der Waals surface area contributed by atoms with Crippen molar-refractivity contribution >= 4 is 13.8 Å². The van der Waals surface area contributed by atoms with Gasteiger partial charge in [0, 0.05) is 13.0 Å². The summed E-state index contributed by atoms with van der Waals surface area (Å²) in [4.78, 5) is 23.4. The third-order valence-corrected chi connectivity index (χ3v) is 15.0. The van der Waals surface area contributed by atoms with Gasteiger partial charge in [-0.15, -0.1) is 0 Å². The molecule has 13 heteroatoms. The van der Waals surface area contributed by atoms with E-state index >= 15 is 0 Å². The summed E-state index contributed by atoms with van der Waals surface area (Å²) in [7, 11) is -5.03. The number of allylic oxidation sites excluding steroid dienone is 8. The minimum atomic E-state index is -5.03. The number of phosphoric acid groups is 1. The number of rotatable bonds is 52. The van der Waals surface area contributed by atoms with Gasteiger partial charge in [0.25, 0.3) is 0 Å². The molecule has 0 bridgehead atoms. The van der Waals surface area contributed by atoms with Crippen LogP contribution in [0.15, 0.2) is 48.6 Å². The van der Waals surface area contributed by atoms with Crippen molar-refractivity contribution in [1.29, 1.82) is 0 Å². The number of carbonyl (C=O) groups is 1. The summed E-state index contributed by atoms with van der Waals surface area (Å²) in [5.41, 5.74) is 0. The Hall–Kier alpha value is -1.70. The van der Waals surface area contributed by atoms with E-state index in [0.29, 0.717) is 13.0 Å². The van der Waals surface area contributed by atoms with E-state index in [2.05, 4.69) is 62.5 Å². The molecule has 0 spiro atoms. The smallest absolute Gasteiger partial charge is 0.457 e. The fourth-order valence-corrected chi connectivity index (χ4v) is 10.3. The second kappa shape index (κ2) is 49.8. The van der Waals surface area contributed by atoms with Crippen LogP contribution in [-0.4, -0.2) is 98.9 Å². The quantitative estimate of drug-likeness (QED) is 0.0146. The monoisotopic (exact) mass is 1050 g/mol. The first-order chi connectivity index (χ1) is 35.5. The van der Waals surface area contributed by atoms with Gasteiger partial charge in [0.2, 0.25) is 0 Å². The maximum absolute atomic E-state index is 12.9. The van der Waals surface area contributed by atoms with E-state index in [1.54, 1.807) is 0 Å². The third-order valence-electron chi connectivity index (χ3n) is 14.0. The van der Waals surface area contributed by atoms with E-state index in [0.717, 1.165) is 70.6 Å². The van der Waals surface area contributed by atoms with Gasteiger partial charge in [0.1, 0.15) is 42.7 Å². The summed E-state index contributed by atoms with van der Waals surface area (Å²) in [5.74, 6) is -0.473. The van der Waals surface area contributed by atoms with Crippen molar-refractivity contribution in [3.63, 3.8) is 0 Å². The number of phosphoric ester groups is 1. The van der Waals surface area contributed by atoms with Crippen molar-refractivity contribution in [3.05, 3.63) is 48.6 Å². The predicted octanol–water partition coefficient (Wildman–Crippen LogP) is 14.7. The van der Waals surface area contributed by atoms with E-state index in [-0.39, 0.29) is 13.0 Å². The molecule has 1 fully saturated rings. The van der Waals surface area contributed by atoms with E-state index < -0.39 is 63.1 Å². The molecule has 428 valence electrons. The summed E-state index contributed by atoms with van der Waals surface area (Å²) in [6.45, 7) is 4.20. The lowest BCUT2D eigenvalue weighted by Gasteiger charge is -2.41. The van der Waals surface area contributed by atoms with Gasteiger partial charge in [0.15, 0.2) is 0 Å². The summed E-state index contributed by atoms with van der Waals surface area (Å²) < 4.78 is 34.5. The largest absolute Gasteiger partial charge is 0.472 e. The minimum absolute atomic E-state index is 0.0765. The number of carbonyl (C=O) groups excluding carboxylic acids is 1. The molecule has 1 aliphatic rings. The lowest BCUT2D eigenvalue weighted by molar-refractivity contribution is -0.220. The van der Waals surface area contributed by atoms with Crippen molar-refractivity contribution in [1.82, 2.24) is 0 Å². The maximum Gasteiger partial charge on any atom is 0.472 e. The highest BCUT2D eigenvalue weighted by molar-refractivity contribution is 7.47. The molecular weight excluding hydrogens is 944 g/mol. The highest BCUT2D eigenvalue weighted by Gasteiger charge is 2.51. The molecule has 12 nitrogen and oxygen atoms in total. The fraction of sp³-hybridized carbons (Fsp3) is 0.850. The van der Waals surface area contributed by atoms with Crippen molar-refractivity contribution in [2.45, 2.75) is 307 Å². The summed E-state index contributed by atoms with van der Waals surface area (Å²) in [6.07, 6.45) is 51.8. The maximum atomic E-state index is 12.9. The van der Waals surface area contributed by atoms with Gasteiger partial charge in [-0.1, -0.05) is 255 Å². The number of aliphatic hydroxyl groups excluding tert-OH is 5. The molecule has 73 heavy (non-hydrogen) atoms. The minimum Gasteiger partial charge on any atom is -0.457 e. The van der Waals surface area contributed by atoms with E-state index in [9.17, 15) is 39.8 Å². The molecular formula is C60H111O12P. The molecule has 0 aromatic heterocycles. The molecule has 0 heterocycles. The predicted molar refractivity (Wildman–Crippen MR) is 299 cm³/mol. The average molecular weight is 1060 g/mol.